The van der Waals surface area contributed by atoms with Gasteiger partial charge in [-0.25, -0.2) is 0 Å². The smallest absolute Gasteiger partial charge is 0.0884 e. The fraction of sp³-hybridized carbons (Fsp3) is 1.00. The van der Waals surface area contributed by atoms with Crippen LogP contribution in [0.2, 0.25) is 0 Å². The Bertz CT molecular complexity index is 175. The van der Waals surface area contributed by atoms with E-state index in [2.05, 4.69) is 35.0 Å². The van der Waals surface area contributed by atoms with Crippen molar-refractivity contribution in [2.75, 3.05) is 21.1 Å². The summed E-state index contributed by atoms with van der Waals surface area (Å²) in [6, 6.07) is 0.876. The summed E-state index contributed by atoms with van der Waals surface area (Å²) in [7, 11) is 7.09. The maximum Gasteiger partial charge on any atom is 0.0884 e. The van der Waals surface area contributed by atoms with Crippen LogP contribution < -0.4 is 17.0 Å². The van der Waals surface area contributed by atoms with Gasteiger partial charge in [0, 0.05) is 0 Å². The standard InChI is InChI=1S/C17H38N.BrH/c1-6-8-10-11-12-13-14-16-17(15-9-7-2)18(3,4)5;/h17H,6-16H2,1-5H3;1H/q+1;/p-1. The number of nitrogens with zero attached hydrogens (tertiary/aromatic N) is 1. The molecule has 0 aliphatic carbocycles. The van der Waals surface area contributed by atoms with Crippen LogP contribution in [0.15, 0.2) is 0 Å². The summed E-state index contributed by atoms with van der Waals surface area (Å²) in [5.74, 6) is 0. The quantitative estimate of drug-likeness (QED) is 0.379. The van der Waals surface area contributed by atoms with E-state index in [0.717, 1.165) is 10.5 Å². The molecule has 0 aromatic carbocycles. The molecule has 1 nitrogen and oxygen atoms in total. The number of quaternary nitrogens is 1. The average Bonchev–Trinajstić information content (AvgIpc) is 2.30. The number of hydrogen-bond donors (Lipinski definition) is 0. The van der Waals surface area contributed by atoms with Crippen LogP contribution in [0.1, 0.15) is 84.5 Å². The van der Waals surface area contributed by atoms with E-state index in [0.29, 0.717) is 0 Å². The summed E-state index contributed by atoms with van der Waals surface area (Å²) in [5, 5.41) is 0. The minimum absolute atomic E-state index is 0. The van der Waals surface area contributed by atoms with Gasteiger partial charge in [-0.15, -0.1) is 0 Å². The molecular formula is C17H38BrN. The van der Waals surface area contributed by atoms with Crippen LogP contribution >= 0.6 is 0 Å². The largest absolute Gasteiger partial charge is 1.00 e. The van der Waals surface area contributed by atoms with Crippen LogP contribution in [-0.2, 0) is 0 Å². The molecule has 0 spiro atoms. The van der Waals surface area contributed by atoms with E-state index in [1.807, 2.05) is 0 Å². The first kappa shape index (κ1) is 21.7. The van der Waals surface area contributed by atoms with Crippen molar-refractivity contribution in [2.45, 2.75) is 90.5 Å². The van der Waals surface area contributed by atoms with Crippen LogP contribution in [0.25, 0.3) is 0 Å². The first-order valence-electron chi connectivity index (χ1n) is 8.33. The SMILES string of the molecule is CCCCCCCCCC(CCCC)[N+](C)(C)C.[Br-]. The summed E-state index contributed by atoms with van der Waals surface area (Å²) in [6.07, 6.45) is 15.6. The fourth-order valence-corrected chi connectivity index (χ4v) is 2.70. The topological polar surface area (TPSA) is 0 Å². The van der Waals surface area contributed by atoms with Crippen molar-refractivity contribution in [2.24, 2.45) is 0 Å². The van der Waals surface area contributed by atoms with Crippen molar-refractivity contribution in [1.29, 1.82) is 0 Å². The molecule has 2 heteroatoms. The van der Waals surface area contributed by atoms with Gasteiger partial charge in [0.05, 0.1) is 27.2 Å². The second kappa shape index (κ2) is 13.4. The number of halogens is 1. The Hall–Kier alpha value is 0.440. The maximum atomic E-state index is 2.36. The Morgan fingerprint density at radius 2 is 1.05 bits per heavy atom. The van der Waals surface area contributed by atoms with Gasteiger partial charge >= 0.3 is 0 Å². The third-order valence-corrected chi connectivity index (χ3v) is 4.13. The third-order valence-electron chi connectivity index (χ3n) is 4.13. The maximum absolute atomic E-state index is 2.36. The molecule has 0 bridgehead atoms. The second-order valence-electron chi connectivity index (χ2n) is 6.82. The lowest BCUT2D eigenvalue weighted by Crippen LogP contribution is -3.00. The van der Waals surface area contributed by atoms with Crippen molar-refractivity contribution >= 4 is 0 Å². The molecule has 0 saturated carbocycles. The molecule has 0 radical (unpaired) electrons. The molecule has 0 aromatic rings. The second-order valence-corrected chi connectivity index (χ2v) is 6.82. The summed E-state index contributed by atoms with van der Waals surface area (Å²) < 4.78 is 1.15. The van der Waals surface area contributed by atoms with Gasteiger partial charge in [-0.3, -0.25) is 0 Å². The van der Waals surface area contributed by atoms with Gasteiger partial charge in [0.15, 0.2) is 0 Å². The molecule has 1 unspecified atom stereocenters. The van der Waals surface area contributed by atoms with Gasteiger partial charge < -0.3 is 21.5 Å². The molecule has 0 aromatic heterocycles. The Labute approximate surface area is 133 Å². The Morgan fingerprint density at radius 1 is 0.632 bits per heavy atom. The van der Waals surface area contributed by atoms with Gasteiger partial charge in [-0.2, -0.15) is 0 Å². The molecule has 0 rings (SSSR count). The van der Waals surface area contributed by atoms with Gasteiger partial charge in [0.25, 0.3) is 0 Å². The van der Waals surface area contributed by atoms with E-state index in [1.54, 1.807) is 0 Å². The monoisotopic (exact) mass is 335 g/mol. The highest BCUT2D eigenvalue weighted by Crippen LogP contribution is 2.19. The van der Waals surface area contributed by atoms with Crippen molar-refractivity contribution in [3.05, 3.63) is 0 Å². The van der Waals surface area contributed by atoms with Gasteiger partial charge in [-0.1, -0.05) is 58.8 Å². The molecule has 0 N–H and O–H groups in total. The van der Waals surface area contributed by atoms with Gasteiger partial charge in [0.2, 0.25) is 0 Å². The highest BCUT2D eigenvalue weighted by atomic mass is 79.9. The van der Waals surface area contributed by atoms with E-state index in [1.165, 1.54) is 70.6 Å². The molecule has 0 aliphatic heterocycles. The van der Waals surface area contributed by atoms with Crippen molar-refractivity contribution in [1.82, 2.24) is 0 Å². The molecular weight excluding hydrogens is 298 g/mol. The first-order valence-corrected chi connectivity index (χ1v) is 8.33. The molecule has 0 aliphatic rings. The Kier molecular flexibility index (Phi) is 15.4. The zero-order valence-electron chi connectivity index (χ0n) is 14.2. The van der Waals surface area contributed by atoms with Gasteiger partial charge in [-0.05, 0) is 25.7 Å². The fourth-order valence-electron chi connectivity index (χ4n) is 2.70. The molecule has 0 fully saturated rings. The minimum atomic E-state index is 0. The predicted octanol–water partition coefficient (Wildman–Crippen LogP) is 2.40. The summed E-state index contributed by atoms with van der Waals surface area (Å²) >= 11 is 0. The summed E-state index contributed by atoms with van der Waals surface area (Å²) in [6.45, 7) is 4.60. The molecule has 0 amide bonds. The van der Waals surface area contributed by atoms with E-state index in [9.17, 15) is 0 Å². The van der Waals surface area contributed by atoms with Crippen molar-refractivity contribution < 1.29 is 21.5 Å². The van der Waals surface area contributed by atoms with E-state index in [4.69, 9.17) is 0 Å². The third kappa shape index (κ3) is 13.2. The van der Waals surface area contributed by atoms with Crippen LogP contribution in [0.5, 0.6) is 0 Å². The lowest BCUT2D eigenvalue weighted by molar-refractivity contribution is -0.896. The number of unbranched alkanes of at least 4 members (excludes halogenated alkanes) is 7. The summed E-state index contributed by atoms with van der Waals surface area (Å²) in [5.41, 5.74) is 0. The van der Waals surface area contributed by atoms with E-state index < -0.39 is 0 Å². The molecule has 1 atom stereocenters. The lowest BCUT2D eigenvalue weighted by atomic mass is 9.99. The van der Waals surface area contributed by atoms with Crippen LogP contribution in [0, 0.1) is 0 Å². The number of hydrogen-bond acceptors (Lipinski definition) is 0. The van der Waals surface area contributed by atoms with Crippen molar-refractivity contribution in [3.63, 3.8) is 0 Å². The zero-order valence-corrected chi connectivity index (χ0v) is 15.8. The highest BCUT2D eigenvalue weighted by Gasteiger charge is 2.22. The highest BCUT2D eigenvalue weighted by molar-refractivity contribution is 4.59. The van der Waals surface area contributed by atoms with Crippen LogP contribution in [0.4, 0.5) is 0 Å². The Morgan fingerprint density at radius 3 is 1.53 bits per heavy atom. The molecule has 19 heavy (non-hydrogen) atoms. The minimum Gasteiger partial charge on any atom is -1.00 e. The summed E-state index contributed by atoms with van der Waals surface area (Å²) in [4.78, 5) is 0. The lowest BCUT2D eigenvalue weighted by Gasteiger charge is -2.34. The molecule has 0 heterocycles. The molecule has 0 saturated heterocycles. The van der Waals surface area contributed by atoms with Crippen LogP contribution in [0.3, 0.4) is 0 Å². The van der Waals surface area contributed by atoms with E-state index >= 15 is 0 Å². The first-order chi connectivity index (χ1) is 8.52. The predicted molar refractivity (Wildman–Crippen MR) is 84.0 cm³/mol. The van der Waals surface area contributed by atoms with Crippen LogP contribution in [-0.4, -0.2) is 31.7 Å². The normalized spacial score (nSPS) is 13.1. The average molecular weight is 336 g/mol. The van der Waals surface area contributed by atoms with Crippen molar-refractivity contribution in [3.8, 4) is 0 Å². The van der Waals surface area contributed by atoms with E-state index in [-0.39, 0.29) is 17.0 Å². The number of rotatable bonds is 12. The zero-order chi connectivity index (χ0) is 13.9. The van der Waals surface area contributed by atoms with Gasteiger partial charge in [0.1, 0.15) is 0 Å². The Balaban J connectivity index is 0. The molecule has 118 valence electrons.